The Labute approximate surface area is 120 Å². The molecule has 4 fully saturated rings. The van der Waals surface area contributed by atoms with E-state index in [9.17, 15) is 0 Å². The average Bonchev–Trinajstić information content (AvgIpc) is 2.79. The van der Waals surface area contributed by atoms with Gasteiger partial charge in [0.1, 0.15) is 5.01 Å². The molecule has 1 heterocycles. The van der Waals surface area contributed by atoms with Gasteiger partial charge in [0.15, 0.2) is 0 Å². The van der Waals surface area contributed by atoms with Crippen LogP contribution >= 0.6 is 11.3 Å². The van der Waals surface area contributed by atoms with Gasteiger partial charge in [-0.25, -0.2) is 4.98 Å². The lowest BCUT2D eigenvalue weighted by atomic mass is 9.54. The molecule has 3 heteroatoms. The second-order valence-electron chi connectivity index (χ2n) is 7.15. The number of nitrogens with one attached hydrogen (secondary N) is 1. The summed E-state index contributed by atoms with van der Waals surface area (Å²) in [7, 11) is 0. The third-order valence-corrected chi connectivity index (χ3v) is 6.77. The lowest BCUT2D eigenvalue weighted by Gasteiger charge is -2.55. The van der Waals surface area contributed by atoms with E-state index in [0.29, 0.717) is 6.04 Å². The monoisotopic (exact) mass is 276 g/mol. The summed E-state index contributed by atoms with van der Waals surface area (Å²) in [4.78, 5) is 5.88. The van der Waals surface area contributed by atoms with E-state index >= 15 is 0 Å². The highest BCUT2D eigenvalue weighted by molar-refractivity contribution is 7.11. The van der Waals surface area contributed by atoms with E-state index in [1.807, 2.05) is 17.5 Å². The van der Waals surface area contributed by atoms with Crippen LogP contribution in [0.25, 0.3) is 0 Å². The molecule has 5 rings (SSSR count). The molecule has 4 bridgehead atoms. The molecule has 4 saturated carbocycles. The van der Waals surface area contributed by atoms with Gasteiger partial charge in [0.2, 0.25) is 0 Å². The number of aryl methyl sites for hydroxylation is 1. The van der Waals surface area contributed by atoms with E-state index in [0.717, 1.165) is 29.7 Å². The first-order chi connectivity index (χ1) is 9.19. The van der Waals surface area contributed by atoms with Crippen molar-refractivity contribution in [1.82, 2.24) is 10.3 Å². The van der Waals surface area contributed by atoms with Gasteiger partial charge >= 0.3 is 0 Å². The minimum absolute atomic E-state index is 0.432. The zero-order valence-corrected chi connectivity index (χ0v) is 12.7. The van der Waals surface area contributed by atoms with Crippen molar-refractivity contribution in [3.63, 3.8) is 0 Å². The highest BCUT2D eigenvalue weighted by atomic mass is 32.1. The fourth-order valence-electron chi connectivity index (χ4n) is 5.13. The van der Waals surface area contributed by atoms with Crippen molar-refractivity contribution >= 4 is 11.3 Å². The quantitative estimate of drug-likeness (QED) is 0.905. The summed E-state index contributed by atoms with van der Waals surface area (Å²) in [5.74, 6) is 4.05. The van der Waals surface area contributed by atoms with Crippen molar-refractivity contribution in [2.45, 2.75) is 58.0 Å². The SMILES string of the molecule is Cc1cnc(C(C)NC2C3CC4CC(C3)CC2C4)s1. The highest BCUT2D eigenvalue weighted by Crippen LogP contribution is 2.54. The number of hydrogen-bond acceptors (Lipinski definition) is 3. The van der Waals surface area contributed by atoms with Gasteiger partial charge in [-0.15, -0.1) is 11.3 Å². The van der Waals surface area contributed by atoms with Crippen LogP contribution in [0, 0.1) is 30.6 Å². The molecule has 4 aliphatic rings. The molecule has 0 spiro atoms. The van der Waals surface area contributed by atoms with Crippen LogP contribution in [0.4, 0.5) is 0 Å². The maximum absolute atomic E-state index is 4.55. The Hall–Kier alpha value is -0.410. The van der Waals surface area contributed by atoms with Gasteiger partial charge in [0, 0.05) is 17.1 Å². The number of nitrogens with zero attached hydrogens (tertiary/aromatic N) is 1. The van der Waals surface area contributed by atoms with Gasteiger partial charge in [-0.2, -0.15) is 0 Å². The Kier molecular flexibility index (Phi) is 2.96. The molecule has 19 heavy (non-hydrogen) atoms. The standard InChI is InChI=1S/C16H24N2S/c1-9-8-17-16(19-9)10(2)18-15-13-4-11-3-12(6-13)7-14(15)5-11/h8,10-15,18H,3-7H2,1-2H3. The average molecular weight is 276 g/mol. The first-order valence-electron chi connectivity index (χ1n) is 7.87. The second kappa shape index (κ2) is 4.56. The van der Waals surface area contributed by atoms with Crippen LogP contribution in [0.1, 0.15) is 55.0 Å². The first-order valence-corrected chi connectivity index (χ1v) is 8.69. The molecule has 2 nitrogen and oxygen atoms in total. The zero-order valence-electron chi connectivity index (χ0n) is 11.9. The van der Waals surface area contributed by atoms with Crippen LogP contribution in [-0.2, 0) is 0 Å². The molecule has 1 aromatic heterocycles. The molecule has 0 saturated heterocycles. The summed E-state index contributed by atoms with van der Waals surface area (Å²) < 4.78 is 0. The predicted octanol–water partition coefficient (Wildman–Crippen LogP) is 3.93. The van der Waals surface area contributed by atoms with Crippen LogP contribution in [-0.4, -0.2) is 11.0 Å². The Morgan fingerprint density at radius 2 is 1.79 bits per heavy atom. The Morgan fingerprint density at radius 1 is 1.16 bits per heavy atom. The Balaban J connectivity index is 1.48. The fraction of sp³-hybridized carbons (Fsp3) is 0.812. The maximum Gasteiger partial charge on any atom is 0.109 e. The normalized spacial score (nSPS) is 41.7. The van der Waals surface area contributed by atoms with Gasteiger partial charge in [0.25, 0.3) is 0 Å². The third-order valence-electron chi connectivity index (χ3n) is 5.68. The van der Waals surface area contributed by atoms with E-state index in [2.05, 4.69) is 24.1 Å². The summed E-state index contributed by atoms with van der Waals surface area (Å²) in [6.07, 6.45) is 9.53. The van der Waals surface area contributed by atoms with Crippen molar-refractivity contribution in [3.8, 4) is 0 Å². The summed E-state index contributed by atoms with van der Waals surface area (Å²) >= 11 is 1.85. The van der Waals surface area contributed by atoms with Crippen LogP contribution in [0.15, 0.2) is 6.20 Å². The third kappa shape index (κ3) is 2.15. The summed E-state index contributed by atoms with van der Waals surface area (Å²) in [5.41, 5.74) is 0. The molecule has 0 aliphatic heterocycles. The fourth-order valence-corrected chi connectivity index (χ4v) is 5.92. The molecule has 0 amide bonds. The molecule has 1 aromatic rings. The molecule has 1 atom stereocenters. The van der Waals surface area contributed by atoms with E-state index < -0.39 is 0 Å². The van der Waals surface area contributed by atoms with Crippen molar-refractivity contribution in [1.29, 1.82) is 0 Å². The Morgan fingerprint density at radius 3 is 2.32 bits per heavy atom. The summed E-state index contributed by atoms with van der Waals surface area (Å²) in [5, 5.41) is 5.21. The van der Waals surface area contributed by atoms with Crippen LogP contribution < -0.4 is 5.32 Å². The minimum atomic E-state index is 0.432. The molecular weight excluding hydrogens is 252 g/mol. The lowest BCUT2D eigenvalue weighted by Crippen LogP contribution is -2.54. The van der Waals surface area contributed by atoms with E-state index in [4.69, 9.17) is 0 Å². The molecule has 4 aliphatic carbocycles. The van der Waals surface area contributed by atoms with Crippen LogP contribution in [0.3, 0.4) is 0 Å². The van der Waals surface area contributed by atoms with Crippen molar-refractivity contribution < 1.29 is 0 Å². The van der Waals surface area contributed by atoms with Gasteiger partial charge < -0.3 is 5.32 Å². The smallest absolute Gasteiger partial charge is 0.109 e. The number of hydrogen-bond donors (Lipinski definition) is 1. The molecule has 1 N–H and O–H groups in total. The molecule has 1 unspecified atom stereocenters. The second-order valence-corrected chi connectivity index (χ2v) is 8.42. The summed E-state index contributed by atoms with van der Waals surface area (Å²) in [6, 6.07) is 1.20. The molecule has 104 valence electrons. The lowest BCUT2D eigenvalue weighted by molar-refractivity contribution is -0.0171. The van der Waals surface area contributed by atoms with Crippen LogP contribution in [0.2, 0.25) is 0 Å². The number of aromatic nitrogens is 1. The number of thiazole rings is 1. The van der Waals surface area contributed by atoms with Crippen LogP contribution in [0.5, 0.6) is 0 Å². The van der Waals surface area contributed by atoms with Crippen molar-refractivity contribution in [3.05, 3.63) is 16.1 Å². The zero-order chi connectivity index (χ0) is 13.0. The summed E-state index contributed by atoms with van der Waals surface area (Å²) in [6.45, 7) is 4.44. The Bertz CT molecular complexity index is 439. The van der Waals surface area contributed by atoms with Gasteiger partial charge in [-0.05, 0) is 69.6 Å². The van der Waals surface area contributed by atoms with E-state index in [1.165, 1.54) is 35.6 Å². The van der Waals surface area contributed by atoms with Crippen molar-refractivity contribution in [2.24, 2.45) is 23.7 Å². The first kappa shape index (κ1) is 12.3. The van der Waals surface area contributed by atoms with Gasteiger partial charge in [-0.1, -0.05) is 0 Å². The minimum Gasteiger partial charge on any atom is -0.305 e. The molecule has 0 aromatic carbocycles. The van der Waals surface area contributed by atoms with E-state index in [-0.39, 0.29) is 0 Å². The number of rotatable bonds is 3. The highest BCUT2D eigenvalue weighted by Gasteiger charge is 2.48. The molecular formula is C16H24N2S. The van der Waals surface area contributed by atoms with E-state index in [1.54, 1.807) is 6.42 Å². The van der Waals surface area contributed by atoms with Gasteiger partial charge in [0.05, 0.1) is 6.04 Å². The largest absolute Gasteiger partial charge is 0.305 e. The molecule has 0 radical (unpaired) electrons. The van der Waals surface area contributed by atoms with Gasteiger partial charge in [-0.3, -0.25) is 0 Å². The van der Waals surface area contributed by atoms with Crippen molar-refractivity contribution in [2.75, 3.05) is 0 Å². The maximum atomic E-state index is 4.55. The predicted molar refractivity (Wildman–Crippen MR) is 79.2 cm³/mol. The topological polar surface area (TPSA) is 24.9 Å².